The molecule has 1 aliphatic rings. The summed E-state index contributed by atoms with van der Waals surface area (Å²) in [5.41, 5.74) is 1.14. The lowest BCUT2D eigenvalue weighted by Gasteiger charge is -2.34. The molecule has 0 aliphatic carbocycles. The summed E-state index contributed by atoms with van der Waals surface area (Å²) in [6.45, 7) is 8.23. The maximum atomic E-state index is 4.19. The van der Waals surface area contributed by atoms with Gasteiger partial charge in [0.25, 0.3) is 0 Å². The maximum Gasteiger partial charge on any atom is 0.0728 e. The van der Waals surface area contributed by atoms with Gasteiger partial charge in [-0.05, 0) is 45.3 Å². The predicted octanol–water partition coefficient (Wildman–Crippen LogP) is 1.95. The molecule has 2 heterocycles. The molecule has 96 valence electrons. The van der Waals surface area contributed by atoms with E-state index in [0.29, 0.717) is 6.04 Å². The Bertz CT molecular complexity index is 339. The fourth-order valence-corrected chi connectivity index (χ4v) is 2.65. The largest absolute Gasteiger partial charge is 0.380 e. The average Bonchev–Trinajstić information content (AvgIpc) is 2.75. The molecule has 0 aromatic carbocycles. The number of nitrogens with zero attached hydrogens (tertiary/aromatic N) is 3. The van der Waals surface area contributed by atoms with Crippen LogP contribution in [0.5, 0.6) is 0 Å². The number of hydrogen-bond donors (Lipinski definition) is 1. The fraction of sp³-hybridized carbons (Fsp3) is 0.769. The van der Waals surface area contributed by atoms with Crippen LogP contribution in [0.4, 0.5) is 5.69 Å². The van der Waals surface area contributed by atoms with Crippen LogP contribution >= 0.6 is 0 Å². The molecule has 0 bridgehead atoms. The topological polar surface area (TPSA) is 33.1 Å². The second kappa shape index (κ2) is 5.54. The standard InChI is InChI=1S/C13H24N4/c1-4-17-7-5-12(6-8-17)11(2)15-13-9-14-16(3)10-13/h9-12,15H,4-8H2,1-3H3. The number of rotatable bonds is 4. The molecule has 17 heavy (non-hydrogen) atoms. The summed E-state index contributed by atoms with van der Waals surface area (Å²) in [6, 6.07) is 0.540. The average molecular weight is 236 g/mol. The summed E-state index contributed by atoms with van der Waals surface area (Å²) < 4.78 is 1.84. The van der Waals surface area contributed by atoms with Crippen molar-refractivity contribution in [1.82, 2.24) is 14.7 Å². The SMILES string of the molecule is CCN1CCC(C(C)Nc2cnn(C)c2)CC1. The minimum Gasteiger partial charge on any atom is -0.380 e. The first-order chi connectivity index (χ1) is 8.19. The van der Waals surface area contributed by atoms with E-state index in [4.69, 9.17) is 0 Å². The van der Waals surface area contributed by atoms with Gasteiger partial charge in [-0.25, -0.2) is 0 Å². The third-order valence-electron chi connectivity index (χ3n) is 3.89. The number of aromatic nitrogens is 2. The first-order valence-electron chi connectivity index (χ1n) is 6.66. The van der Waals surface area contributed by atoms with Crippen molar-refractivity contribution < 1.29 is 0 Å². The van der Waals surface area contributed by atoms with E-state index in [9.17, 15) is 0 Å². The van der Waals surface area contributed by atoms with Crippen LogP contribution in [-0.2, 0) is 7.05 Å². The molecule has 1 atom stereocenters. The summed E-state index contributed by atoms with van der Waals surface area (Å²) in [4.78, 5) is 2.54. The highest BCUT2D eigenvalue weighted by atomic mass is 15.3. The Kier molecular flexibility index (Phi) is 4.05. The van der Waals surface area contributed by atoms with Crippen molar-refractivity contribution in [1.29, 1.82) is 0 Å². The van der Waals surface area contributed by atoms with Crippen LogP contribution in [0.25, 0.3) is 0 Å². The molecule has 1 fully saturated rings. The van der Waals surface area contributed by atoms with Gasteiger partial charge in [0.1, 0.15) is 0 Å². The summed E-state index contributed by atoms with van der Waals surface area (Å²) in [6.07, 6.45) is 6.56. The molecule has 1 aliphatic heterocycles. The zero-order valence-corrected chi connectivity index (χ0v) is 11.2. The highest BCUT2D eigenvalue weighted by molar-refractivity contribution is 5.39. The Balaban J connectivity index is 1.82. The maximum absolute atomic E-state index is 4.19. The van der Waals surface area contributed by atoms with Gasteiger partial charge in [0, 0.05) is 19.3 Å². The summed E-state index contributed by atoms with van der Waals surface area (Å²) in [7, 11) is 1.95. The highest BCUT2D eigenvalue weighted by Crippen LogP contribution is 2.22. The van der Waals surface area contributed by atoms with Crippen LogP contribution in [0.15, 0.2) is 12.4 Å². The zero-order chi connectivity index (χ0) is 12.3. The van der Waals surface area contributed by atoms with Gasteiger partial charge in [0.2, 0.25) is 0 Å². The van der Waals surface area contributed by atoms with E-state index < -0.39 is 0 Å². The molecule has 0 spiro atoms. The van der Waals surface area contributed by atoms with Crippen molar-refractivity contribution in [3.8, 4) is 0 Å². The molecule has 1 N–H and O–H groups in total. The molecule has 1 aromatic heterocycles. The Labute approximate surface area is 104 Å². The highest BCUT2D eigenvalue weighted by Gasteiger charge is 2.23. The summed E-state index contributed by atoms with van der Waals surface area (Å²) in [5, 5.41) is 7.75. The van der Waals surface area contributed by atoms with Crippen LogP contribution < -0.4 is 5.32 Å². The molecule has 2 rings (SSSR count). The van der Waals surface area contributed by atoms with Gasteiger partial charge in [-0.3, -0.25) is 4.68 Å². The van der Waals surface area contributed by atoms with Crippen LogP contribution in [0.2, 0.25) is 0 Å². The van der Waals surface area contributed by atoms with Gasteiger partial charge in [0.15, 0.2) is 0 Å². The van der Waals surface area contributed by atoms with Gasteiger partial charge in [-0.1, -0.05) is 6.92 Å². The second-order valence-electron chi connectivity index (χ2n) is 5.11. The zero-order valence-electron chi connectivity index (χ0n) is 11.2. The monoisotopic (exact) mass is 236 g/mol. The lowest BCUT2D eigenvalue weighted by atomic mass is 9.90. The van der Waals surface area contributed by atoms with E-state index in [1.165, 1.54) is 32.5 Å². The molecule has 1 saturated heterocycles. The number of hydrogen-bond acceptors (Lipinski definition) is 3. The van der Waals surface area contributed by atoms with Crippen molar-refractivity contribution in [3.63, 3.8) is 0 Å². The van der Waals surface area contributed by atoms with Gasteiger partial charge in [-0.2, -0.15) is 5.10 Å². The molecule has 0 saturated carbocycles. The molecule has 4 nitrogen and oxygen atoms in total. The smallest absolute Gasteiger partial charge is 0.0728 e. The van der Waals surface area contributed by atoms with Crippen LogP contribution in [0, 0.1) is 5.92 Å². The van der Waals surface area contributed by atoms with Crippen molar-refractivity contribution in [2.75, 3.05) is 25.0 Å². The molecular weight excluding hydrogens is 212 g/mol. The van der Waals surface area contributed by atoms with Gasteiger partial charge >= 0.3 is 0 Å². The van der Waals surface area contributed by atoms with Crippen molar-refractivity contribution in [3.05, 3.63) is 12.4 Å². The summed E-state index contributed by atoms with van der Waals surface area (Å²) in [5.74, 6) is 0.790. The van der Waals surface area contributed by atoms with Crippen LogP contribution in [0.3, 0.4) is 0 Å². The quantitative estimate of drug-likeness (QED) is 0.867. The van der Waals surface area contributed by atoms with Gasteiger partial charge < -0.3 is 10.2 Å². The van der Waals surface area contributed by atoms with Crippen molar-refractivity contribution in [2.45, 2.75) is 32.7 Å². The molecule has 1 aromatic rings. The van der Waals surface area contributed by atoms with Gasteiger partial charge in [-0.15, -0.1) is 0 Å². The van der Waals surface area contributed by atoms with Crippen LogP contribution in [-0.4, -0.2) is 40.4 Å². The van der Waals surface area contributed by atoms with E-state index in [2.05, 4.69) is 29.2 Å². The minimum absolute atomic E-state index is 0.540. The van der Waals surface area contributed by atoms with E-state index in [1.807, 2.05) is 24.1 Å². The molecule has 0 radical (unpaired) electrons. The minimum atomic E-state index is 0.540. The first kappa shape index (κ1) is 12.4. The predicted molar refractivity (Wildman–Crippen MR) is 71.1 cm³/mol. The lowest BCUT2D eigenvalue weighted by molar-refractivity contribution is 0.183. The Morgan fingerprint density at radius 1 is 1.47 bits per heavy atom. The molecule has 1 unspecified atom stereocenters. The Morgan fingerprint density at radius 2 is 2.18 bits per heavy atom. The number of anilines is 1. The number of piperidine rings is 1. The molecular formula is C13H24N4. The van der Waals surface area contributed by atoms with Crippen molar-refractivity contribution >= 4 is 5.69 Å². The van der Waals surface area contributed by atoms with Gasteiger partial charge in [0.05, 0.1) is 11.9 Å². The number of aryl methyl sites for hydroxylation is 1. The van der Waals surface area contributed by atoms with E-state index in [-0.39, 0.29) is 0 Å². The fourth-order valence-electron chi connectivity index (χ4n) is 2.65. The van der Waals surface area contributed by atoms with E-state index in [1.54, 1.807) is 0 Å². The molecule has 4 heteroatoms. The first-order valence-corrected chi connectivity index (χ1v) is 6.66. The Morgan fingerprint density at radius 3 is 2.71 bits per heavy atom. The normalized spacial score (nSPS) is 20.4. The summed E-state index contributed by atoms with van der Waals surface area (Å²) >= 11 is 0. The third kappa shape index (κ3) is 3.22. The Hall–Kier alpha value is -1.03. The van der Waals surface area contributed by atoms with E-state index >= 15 is 0 Å². The van der Waals surface area contributed by atoms with Crippen molar-refractivity contribution in [2.24, 2.45) is 13.0 Å². The third-order valence-corrected chi connectivity index (χ3v) is 3.89. The second-order valence-corrected chi connectivity index (χ2v) is 5.11. The molecule has 0 amide bonds. The van der Waals surface area contributed by atoms with E-state index in [0.717, 1.165) is 11.6 Å². The van der Waals surface area contributed by atoms with Crippen LogP contribution in [0.1, 0.15) is 26.7 Å². The number of likely N-dealkylation sites (tertiary alicyclic amines) is 1. The number of nitrogens with one attached hydrogen (secondary N) is 1. The lowest BCUT2D eigenvalue weighted by Crippen LogP contribution is -2.39.